The highest BCUT2D eigenvalue weighted by Crippen LogP contribution is 2.41. The fourth-order valence-electron chi connectivity index (χ4n) is 3.31. The van der Waals surface area contributed by atoms with Crippen LogP contribution in [0.2, 0.25) is 0 Å². The van der Waals surface area contributed by atoms with Gasteiger partial charge in [-0.1, -0.05) is 6.07 Å². The molecule has 3 rings (SSSR count). The summed E-state index contributed by atoms with van der Waals surface area (Å²) in [5.41, 5.74) is 0.438. The lowest BCUT2D eigenvalue weighted by molar-refractivity contribution is -0.129. The molecule has 0 saturated carbocycles. The van der Waals surface area contributed by atoms with E-state index in [0.29, 0.717) is 41.7 Å². The number of benzene rings is 2. The molecule has 11 heteroatoms. The Labute approximate surface area is 202 Å². The minimum absolute atomic E-state index is 0.269. The Bertz CT molecular complexity index is 1160. The first-order valence-corrected chi connectivity index (χ1v) is 11.4. The first-order valence-electron chi connectivity index (χ1n) is 10.4. The summed E-state index contributed by atoms with van der Waals surface area (Å²) in [7, 11) is 3.01. The number of halogens is 6. The Morgan fingerprint density at radius 2 is 1.66 bits per heavy atom. The fraction of sp³-hybridized carbons (Fsp3) is 0.292. The molecule has 2 aromatic carbocycles. The normalized spacial score (nSPS) is 12.3. The van der Waals surface area contributed by atoms with E-state index >= 15 is 0 Å². The Balaban J connectivity index is 1.87. The minimum atomic E-state index is -4.44. The molecule has 1 unspecified atom stereocenters. The molecule has 0 aliphatic heterocycles. The summed E-state index contributed by atoms with van der Waals surface area (Å²) in [4.78, 5) is 4.17. The molecule has 0 aliphatic carbocycles. The molecular weight excluding hydrogens is 494 g/mol. The van der Waals surface area contributed by atoms with Crippen LogP contribution in [0.3, 0.4) is 0 Å². The van der Waals surface area contributed by atoms with E-state index in [9.17, 15) is 26.3 Å². The number of thioether (sulfide) groups is 1. The van der Waals surface area contributed by atoms with E-state index in [1.165, 1.54) is 32.5 Å². The highest BCUT2D eigenvalue weighted by Gasteiger charge is 2.30. The van der Waals surface area contributed by atoms with Gasteiger partial charge in [0.15, 0.2) is 23.1 Å². The molecule has 0 aliphatic rings. The van der Waals surface area contributed by atoms with Gasteiger partial charge in [0.2, 0.25) is 0 Å². The highest BCUT2D eigenvalue weighted by atomic mass is 32.2. The van der Waals surface area contributed by atoms with Gasteiger partial charge in [0.25, 0.3) is 0 Å². The summed E-state index contributed by atoms with van der Waals surface area (Å²) in [6.45, 7) is 0.297. The van der Waals surface area contributed by atoms with Crippen LogP contribution in [-0.4, -0.2) is 31.1 Å². The second-order valence-electron chi connectivity index (χ2n) is 7.39. The van der Waals surface area contributed by atoms with Crippen LogP contribution in [0.1, 0.15) is 28.4 Å². The van der Waals surface area contributed by atoms with E-state index in [1.54, 1.807) is 18.2 Å². The molecule has 0 spiro atoms. The number of nitrogens with one attached hydrogen (secondary N) is 1. The average Bonchev–Trinajstić information content (AvgIpc) is 2.83. The van der Waals surface area contributed by atoms with Gasteiger partial charge in [-0.2, -0.15) is 13.2 Å². The summed E-state index contributed by atoms with van der Waals surface area (Å²) in [6, 6.07) is 9.56. The fourth-order valence-corrected chi connectivity index (χ4v) is 4.62. The summed E-state index contributed by atoms with van der Waals surface area (Å²) >= 11 is 0.671. The lowest BCUT2D eigenvalue weighted by atomic mass is 10.0. The summed E-state index contributed by atoms with van der Waals surface area (Å²) in [5, 5.41) is 1.83. The van der Waals surface area contributed by atoms with Crippen LogP contribution in [-0.2, 0) is 6.54 Å². The zero-order chi connectivity index (χ0) is 25.6. The molecule has 35 heavy (non-hydrogen) atoms. The molecule has 1 N–H and O–H groups in total. The van der Waals surface area contributed by atoms with Crippen molar-refractivity contribution in [3.05, 3.63) is 82.8 Å². The maximum Gasteiger partial charge on any atom is 0.389 e. The Kier molecular flexibility index (Phi) is 8.76. The zero-order valence-corrected chi connectivity index (χ0v) is 19.6. The van der Waals surface area contributed by atoms with Gasteiger partial charge in [-0.25, -0.2) is 18.2 Å². The van der Waals surface area contributed by atoms with Crippen molar-refractivity contribution in [3.63, 3.8) is 0 Å². The summed E-state index contributed by atoms with van der Waals surface area (Å²) in [6.07, 6.45) is -4.25. The number of rotatable bonds is 10. The van der Waals surface area contributed by atoms with Crippen molar-refractivity contribution in [2.24, 2.45) is 0 Å². The predicted molar refractivity (Wildman–Crippen MR) is 122 cm³/mol. The molecule has 1 heterocycles. The van der Waals surface area contributed by atoms with Gasteiger partial charge in [0.1, 0.15) is 11.6 Å². The largest absolute Gasteiger partial charge is 0.493 e. The lowest BCUT2D eigenvalue weighted by Crippen LogP contribution is -2.11. The molecule has 0 saturated heterocycles. The van der Waals surface area contributed by atoms with E-state index in [2.05, 4.69) is 10.3 Å². The van der Waals surface area contributed by atoms with Crippen molar-refractivity contribution < 1.29 is 35.8 Å². The Morgan fingerprint density at radius 3 is 2.34 bits per heavy atom. The third-order valence-corrected chi connectivity index (χ3v) is 6.30. The standard InChI is InChI=1S/C24H22F6N2O2S/c1-33-18-6-3-14(11-19(18)34-2)13-32-20-12-15(7-9-31-20)23(35-10-8-24(28,29)30)21-16(25)4-5-17(26)22(21)27/h3-7,9,11-12,23H,8,10,13H2,1-2H3,(H,31,32). The highest BCUT2D eigenvalue weighted by molar-refractivity contribution is 7.99. The third-order valence-electron chi connectivity index (χ3n) is 5.02. The molecule has 3 aromatic rings. The zero-order valence-electron chi connectivity index (χ0n) is 18.8. The van der Waals surface area contributed by atoms with Gasteiger partial charge in [-0.15, -0.1) is 11.8 Å². The van der Waals surface area contributed by atoms with E-state index in [1.807, 2.05) is 0 Å². The van der Waals surface area contributed by atoms with E-state index in [4.69, 9.17) is 9.47 Å². The number of hydrogen-bond acceptors (Lipinski definition) is 5. The number of aromatic nitrogens is 1. The molecular formula is C24H22F6N2O2S. The smallest absolute Gasteiger partial charge is 0.389 e. The maximum absolute atomic E-state index is 14.6. The number of methoxy groups -OCH3 is 2. The lowest BCUT2D eigenvalue weighted by Gasteiger charge is -2.20. The SMILES string of the molecule is COc1ccc(CNc2cc(C(SCCC(F)(F)F)c3c(F)ccc(F)c3F)ccn2)cc1OC. The number of anilines is 1. The van der Waals surface area contributed by atoms with Gasteiger partial charge in [-0.05, 0) is 47.5 Å². The second kappa shape index (κ2) is 11.6. The van der Waals surface area contributed by atoms with E-state index in [-0.39, 0.29) is 5.56 Å². The predicted octanol–water partition coefficient (Wildman–Crippen LogP) is 6.90. The van der Waals surface area contributed by atoms with Crippen LogP contribution in [0.15, 0.2) is 48.7 Å². The first-order chi connectivity index (χ1) is 16.6. The van der Waals surface area contributed by atoms with Gasteiger partial charge in [-0.3, -0.25) is 0 Å². The van der Waals surface area contributed by atoms with Crippen LogP contribution in [0.25, 0.3) is 0 Å². The number of hydrogen-bond donors (Lipinski definition) is 1. The monoisotopic (exact) mass is 516 g/mol. The van der Waals surface area contributed by atoms with Crippen LogP contribution in [0.4, 0.5) is 32.2 Å². The number of alkyl halides is 3. The van der Waals surface area contributed by atoms with E-state index in [0.717, 1.165) is 11.6 Å². The molecule has 0 radical (unpaired) electrons. The van der Waals surface area contributed by atoms with Crippen LogP contribution >= 0.6 is 11.8 Å². The van der Waals surface area contributed by atoms with Crippen LogP contribution in [0, 0.1) is 17.5 Å². The quantitative estimate of drug-likeness (QED) is 0.235. The Morgan fingerprint density at radius 1 is 0.943 bits per heavy atom. The molecule has 0 fully saturated rings. The average molecular weight is 517 g/mol. The van der Waals surface area contributed by atoms with Crippen LogP contribution < -0.4 is 14.8 Å². The molecule has 0 bridgehead atoms. The molecule has 1 atom stereocenters. The van der Waals surface area contributed by atoms with Gasteiger partial charge < -0.3 is 14.8 Å². The summed E-state index contributed by atoms with van der Waals surface area (Å²) < 4.78 is 91.5. The third kappa shape index (κ3) is 6.97. The van der Waals surface area contributed by atoms with E-state index < -0.39 is 46.6 Å². The molecule has 188 valence electrons. The van der Waals surface area contributed by atoms with Crippen molar-refractivity contribution in [3.8, 4) is 11.5 Å². The molecule has 0 amide bonds. The topological polar surface area (TPSA) is 43.4 Å². The first kappa shape index (κ1) is 26.5. The maximum atomic E-state index is 14.6. The number of nitrogens with zero attached hydrogens (tertiary/aromatic N) is 1. The molecule has 1 aromatic heterocycles. The number of pyridine rings is 1. The summed E-state index contributed by atoms with van der Waals surface area (Å²) in [5.74, 6) is -2.86. The van der Waals surface area contributed by atoms with Crippen molar-refractivity contribution in [1.29, 1.82) is 0 Å². The minimum Gasteiger partial charge on any atom is -0.493 e. The molecule has 4 nitrogen and oxygen atoms in total. The Hall–Kier alpha value is -3.08. The van der Waals surface area contributed by atoms with Gasteiger partial charge in [0, 0.05) is 24.1 Å². The van der Waals surface area contributed by atoms with Crippen molar-refractivity contribution in [1.82, 2.24) is 4.98 Å². The van der Waals surface area contributed by atoms with Crippen molar-refractivity contribution in [2.75, 3.05) is 25.3 Å². The van der Waals surface area contributed by atoms with Crippen molar-refractivity contribution >= 4 is 17.6 Å². The van der Waals surface area contributed by atoms with Gasteiger partial charge >= 0.3 is 6.18 Å². The second-order valence-corrected chi connectivity index (χ2v) is 8.60. The van der Waals surface area contributed by atoms with Crippen LogP contribution in [0.5, 0.6) is 11.5 Å². The van der Waals surface area contributed by atoms with Crippen molar-refractivity contribution in [2.45, 2.75) is 24.4 Å². The van der Waals surface area contributed by atoms with Gasteiger partial charge in [0.05, 0.1) is 25.9 Å². The number of ether oxygens (including phenoxy) is 2.